The summed E-state index contributed by atoms with van der Waals surface area (Å²) in [7, 11) is 0. The topological polar surface area (TPSA) is 129 Å². The Hall–Kier alpha value is -3.73. The maximum atomic E-state index is 12.5. The number of ether oxygens (including phenoxy) is 1. The lowest BCUT2D eigenvalue weighted by atomic mass is 10.2. The molecule has 1 N–H and O–H groups in total. The molecule has 3 aromatic rings. The molecule has 1 aromatic heterocycles. The Morgan fingerprint density at radius 2 is 1.94 bits per heavy atom. The Kier molecular flexibility index (Phi) is 7.55. The van der Waals surface area contributed by atoms with E-state index < -0.39 is 10.8 Å². The smallest absolute Gasteiger partial charge is 0.316 e. The zero-order chi connectivity index (χ0) is 23.1. The average Bonchev–Trinajstić information content (AvgIpc) is 3.19. The van der Waals surface area contributed by atoms with E-state index in [1.165, 1.54) is 36.0 Å². The van der Waals surface area contributed by atoms with Crippen molar-refractivity contribution in [2.75, 3.05) is 12.4 Å². The van der Waals surface area contributed by atoms with Crippen LogP contribution in [0.15, 0.2) is 53.7 Å². The molecule has 11 heteroatoms. The van der Waals surface area contributed by atoms with E-state index in [-0.39, 0.29) is 29.5 Å². The van der Waals surface area contributed by atoms with Crippen LogP contribution in [0.3, 0.4) is 0 Å². The molecule has 0 aliphatic heterocycles. The number of benzene rings is 2. The van der Waals surface area contributed by atoms with Crippen LogP contribution in [0.25, 0.3) is 5.69 Å². The fourth-order valence-electron chi connectivity index (χ4n) is 2.86. The van der Waals surface area contributed by atoms with Gasteiger partial charge in [0.2, 0.25) is 0 Å². The number of esters is 1. The van der Waals surface area contributed by atoms with Crippen LogP contribution < -0.4 is 5.32 Å². The third-order valence-corrected chi connectivity index (χ3v) is 5.23. The van der Waals surface area contributed by atoms with Gasteiger partial charge in [-0.25, -0.2) is 0 Å². The molecule has 2 aromatic carbocycles. The molecule has 0 saturated carbocycles. The predicted octanol–water partition coefficient (Wildman–Crippen LogP) is 3.07. The maximum absolute atomic E-state index is 12.5. The quantitative estimate of drug-likeness (QED) is 0.226. The summed E-state index contributed by atoms with van der Waals surface area (Å²) in [5.41, 5.74) is 2.01. The van der Waals surface area contributed by atoms with Gasteiger partial charge >= 0.3 is 5.97 Å². The van der Waals surface area contributed by atoms with E-state index in [1.807, 2.05) is 31.2 Å². The molecule has 0 aliphatic rings. The van der Waals surface area contributed by atoms with Crippen molar-refractivity contribution >= 4 is 29.3 Å². The predicted molar refractivity (Wildman–Crippen MR) is 118 cm³/mol. The van der Waals surface area contributed by atoms with Crippen molar-refractivity contribution in [3.8, 4) is 5.69 Å². The summed E-state index contributed by atoms with van der Waals surface area (Å²) in [6.45, 7) is 4.06. The largest absolute Gasteiger partial charge is 0.465 e. The number of carbonyl (C=O) groups is 2. The van der Waals surface area contributed by atoms with Gasteiger partial charge in [-0.2, -0.15) is 0 Å². The van der Waals surface area contributed by atoms with Gasteiger partial charge in [0.15, 0.2) is 11.0 Å². The molecule has 0 radical (unpaired) electrons. The van der Waals surface area contributed by atoms with Gasteiger partial charge in [-0.05, 0) is 43.7 Å². The number of hydrogen-bond acceptors (Lipinski definition) is 8. The van der Waals surface area contributed by atoms with Crippen LogP contribution in [-0.4, -0.2) is 43.9 Å². The fourth-order valence-corrected chi connectivity index (χ4v) is 3.63. The van der Waals surface area contributed by atoms with E-state index in [0.29, 0.717) is 17.6 Å². The number of nitro benzene ring substituents is 1. The minimum absolute atomic E-state index is 0.0662. The third kappa shape index (κ3) is 5.70. The first-order valence-electron chi connectivity index (χ1n) is 9.71. The van der Waals surface area contributed by atoms with Gasteiger partial charge < -0.3 is 10.1 Å². The SMILES string of the molecule is CCOC(=O)CSc1nnc(CNC(=O)c2ccc([N+](=O)[O-])cc2)n1-c1cccc(C)c1. The monoisotopic (exact) mass is 455 g/mol. The van der Waals surface area contributed by atoms with Gasteiger partial charge in [-0.15, -0.1) is 10.2 Å². The number of nitrogens with zero attached hydrogens (tertiary/aromatic N) is 4. The molecule has 0 bridgehead atoms. The number of nitro groups is 1. The normalized spacial score (nSPS) is 10.6. The van der Waals surface area contributed by atoms with E-state index in [4.69, 9.17) is 4.74 Å². The van der Waals surface area contributed by atoms with Gasteiger partial charge in [0.25, 0.3) is 11.6 Å². The first-order valence-corrected chi connectivity index (χ1v) is 10.7. The third-order valence-electron chi connectivity index (χ3n) is 4.33. The van der Waals surface area contributed by atoms with E-state index in [1.54, 1.807) is 11.5 Å². The Morgan fingerprint density at radius 3 is 2.59 bits per heavy atom. The lowest BCUT2D eigenvalue weighted by Gasteiger charge is -2.11. The Labute approximate surface area is 188 Å². The van der Waals surface area contributed by atoms with Crippen LogP contribution in [0.2, 0.25) is 0 Å². The summed E-state index contributed by atoms with van der Waals surface area (Å²) in [6.07, 6.45) is 0. The molecule has 166 valence electrons. The highest BCUT2D eigenvalue weighted by molar-refractivity contribution is 7.99. The summed E-state index contributed by atoms with van der Waals surface area (Å²) >= 11 is 1.19. The average molecular weight is 455 g/mol. The highest BCUT2D eigenvalue weighted by Crippen LogP contribution is 2.23. The summed E-state index contributed by atoms with van der Waals surface area (Å²) < 4.78 is 6.74. The number of thioether (sulfide) groups is 1. The standard InChI is InChI=1S/C21H21N5O5S/c1-3-31-19(27)13-32-21-24-23-18(25(21)17-6-4-5-14(2)11-17)12-22-20(28)15-7-9-16(10-8-15)26(29)30/h4-11H,3,12-13H2,1-2H3,(H,22,28). The molecule has 32 heavy (non-hydrogen) atoms. The van der Waals surface area contributed by atoms with Crippen LogP contribution in [0.4, 0.5) is 5.69 Å². The molecule has 3 rings (SSSR count). The highest BCUT2D eigenvalue weighted by atomic mass is 32.2. The molecule has 0 atom stereocenters. The van der Waals surface area contributed by atoms with E-state index in [9.17, 15) is 19.7 Å². The van der Waals surface area contributed by atoms with Crippen LogP contribution in [0, 0.1) is 17.0 Å². The van der Waals surface area contributed by atoms with Gasteiger partial charge in [0.1, 0.15) is 0 Å². The van der Waals surface area contributed by atoms with Crippen LogP contribution in [-0.2, 0) is 16.1 Å². The number of rotatable bonds is 9. The number of aromatic nitrogens is 3. The first kappa shape index (κ1) is 22.9. The molecular formula is C21H21N5O5S. The van der Waals surface area contributed by atoms with Gasteiger partial charge in [-0.3, -0.25) is 24.3 Å². The first-order chi connectivity index (χ1) is 15.4. The van der Waals surface area contributed by atoms with Crippen LogP contribution in [0.1, 0.15) is 28.7 Å². The zero-order valence-corrected chi connectivity index (χ0v) is 18.3. The second-order valence-electron chi connectivity index (χ2n) is 6.65. The molecular weight excluding hydrogens is 434 g/mol. The van der Waals surface area contributed by atoms with Crippen LogP contribution in [0.5, 0.6) is 0 Å². The Balaban J connectivity index is 1.80. The van der Waals surface area contributed by atoms with E-state index in [2.05, 4.69) is 15.5 Å². The lowest BCUT2D eigenvalue weighted by Crippen LogP contribution is -2.24. The number of non-ortho nitro benzene ring substituents is 1. The second kappa shape index (κ2) is 10.5. The van der Waals surface area contributed by atoms with Gasteiger partial charge in [-0.1, -0.05) is 23.9 Å². The second-order valence-corrected chi connectivity index (χ2v) is 7.60. The number of amides is 1. The molecule has 0 aliphatic carbocycles. The molecule has 0 unspecified atom stereocenters. The maximum Gasteiger partial charge on any atom is 0.316 e. The summed E-state index contributed by atoms with van der Waals surface area (Å²) in [5.74, 6) is -0.214. The van der Waals surface area contributed by atoms with Crippen molar-refractivity contribution < 1.29 is 19.2 Å². The number of nitrogens with one attached hydrogen (secondary N) is 1. The number of aryl methyl sites for hydroxylation is 1. The van der Waals surface area contributed by atoms with Gasteiger partial charge in [0.05, 0.1) is 23.8 Å². The summed E-state index contributed by atoms with van der Waals surface area (Å²) in [4.78, 5) is 34.5. The molecule has 1 amide bonds. The van der Waals surface area contributed by atoms with Gasteiger partial charge in [0, 0.05) is 23.4 Å². The summed E-state index contributed by atoms with van der Waals surface area (Å²) in [6, 6.07) is 13.0. The molecule has 0 spiro atoms. The van der Waals surface area contributed by atoms with Crippen molar-refractivity contribution in [3.63, 3.8) is 0 Å². The fraction of sp³-hybridized carbons (Fsp3) is 0.238. The zero-order valence-electron chi connectivity index (χ0n) is 17.5. The van der Waals surface area contributed by atoms with Crippen LogP contribution >= 0.6 is 11.8 Å². The van der Waals surface area contributed by atoms with Crippen molar-refractivity contribution in [1.29, 1.82) is 0 Å². The molecule has 0 saturated heterocycles. The number of hydrogen-bond donors (Lipinski definition) is 1. The van der Waals surface area contributed by atoms with E-state index >= 15 is 0 Å². The van der Waals surface area contributed by atoms with Crippen molar-refractivity contribution in [1.82, 2.24) is 20.1 Å². The van der Waals surface area contributed by atoms with E-state index in [0.717, 1.165) is 11.3 Å². The minimum atomic E-state index is -0.526. The van der Waals surface area contributed by atoms with Crippen molar-refractivity contribution in [2.24, 2.45) is 0 Å². The molecule has 0 fully saturated rings. The highest BCUT2D eigenvalue weighted by Gasteiger charge is 2.18. The Bertz CT molecular complexity index is 1130. The molecule has 1 heterocycles. The summed E-state index contributed by atoms with van der Waals surface area (Å²) in [5, 5.41) is 22.4. The number of carbonyl (C=O) groups excluding carboxylic acids is 2. The van der Waals surface area contributed by atoms with Crippen molar-refractivity contribution in [2.45, 2.75) is 25.5 Å². The minimum Gasteiger partial charge on any atom is -0.465 e. The lowest BCUT2D eigenvalue weighted by molar-refractivity contribution is -0.384. The molecule has 10 nitrogen and oxygen atoms in total. The Morgan fingerprint density at radius 1 is 1.19 bits per heavy atom. The van der Waals surface area contributed by atoms with Crippen molar-refractivity contribution in [3.05, 3.63) is 75.6 Å².